The van der Waals surface area contributed by atoms with Crippen molar-refractivity contribution in [2.24, 2.45) is 0 Å². The minimum Gasteiger partial charge on any atom is -0.358 e. The maximum absolute atomic E-state index is 11.6. The minimum atomic E-state index is -0.203. The summed E-state index contributed by atoms with van der Waals surface area (Å²) in [5, 5.41) is 1.16. The average Bonchev–Trinajstić information content (AvgIpc) is 2.94. The van der Waals surface area contributed by atoms with Gasteiger partial charge in [0, 0.05) is 21.1 Å². The van der Waals surface area contributed by atoms with Crippen LogP contribution in [-0.2, 0) is 10.2 Å². The number of hydrogen-bond acceptors (Lipinski definition) is 1. The summed E-state index contributed by atoms with van der Waals surface area (Å²) in [5.74, 6) is 0.276. The highest BCUT2D eigenvalue weighted by Gasteiger charge is 2.49. The molecule has 1 aromatic carbocycles. The van der Waals surface area contributed by atoms with Gasteiger partial charge in [0.05, 0.1) is 5.41 Å². The van der Waals surface area contributed by atoms with E-state index in [4.69, 9.17) is 0 Å². The van der Waals surface area contributed by atoms with E-state index in [9.17, 15) is 4.79 Å². The fourth-order valence-electron chi connectivity index (χ4n) is 2.30. The van der Waals surface area contributed by atoms with Gasteiger partial charge >= 0.3 is 0 Å². The van der Waals surface area contributed by atoms with Crippen LogP contribution in [0, 0.1) is 0 Å². The van der Waals surface area contributed by atoms with E-state index in [0.29, 0.717) is 0 Å². The molecule has 0 saturated heterocycles. The van der Waals surface area contributed by atoms with Gasteiger partial charge in [0.1, 0.15) is 5.78 Å². The molecular weight excluding hydrogens is 266 g/mol. The van der Waals surface area contributed by atoms with Gasteiger partial charge in [-0.25, -0.2) is 0 Å². The van der Waals surface area contributed by atoms with Crippen LogP contribution in [0.25, 0.3) is 10.9 Å². The second-order valence-corrected chi connectivity index (χ2v) is 5.47. The summed E-state index contributed by atoms with van der Waals surface area (Å²) in [7, 11) is 0. The van der Waals surface area contributed by atoms with Crippen LogP contribution in [0.4, 0.5) is 0 Å². The van der Waals surface area contributed by atoms with Gasteiger partial charge in [-0.05, 0) is 44.0 Å². The molecule has 1 N–H and O–H groups in total. The summed E-state index contributed by atoms with van der Waals surface area (Å²) >= 11 is 3.46. The smallest absolute Gasteiger partial charge is 0.141 e. The molecule has 0 atom stereocenters. The molecule has 0 bridgehead atoms. The van der Waals surface area contributed by atoms with Gasteiger partial charge < -0.3 is 4.98 Å². The van der Waals surface area contributed by atoms with Crippen molar-refractivity contribution in [3.05, 3.63) is 34.4 Å². The van der Waals surface area contributed by atoms with E-state index in [1.807, 2.05) is 12.1 Å². The fourth-order valence-corrected chi connectivity index (χ4v) is 2.68. The molecule has 0 amide bonds. The van der Waals surface area contributed by atoms with Gasteiger partial charge in [0.15, 0.2) is 0 Å². The molecule has 0 unspecified atom stereocenters. The maximum atomic E-state index is 11.6. The number of fused-ring (bicyclic) bond motifs is 1. The van der Waals surface area contributed by atoms with Crippen molar-refractivity contribution in [2.45, 2.75) is 25.2 Å². The lowest BCUT2D eigenvalue weighted by Crippen LogP contribution is -2.17. The molecule has 2 aromatic rings. The number of carbonyl (C=O) groups is 1. The van der Waals surface area contributed by atoms with Crippen molar-refractivity contribution in [1.82, 2.24) is 4.98 Å². The van der Waals surface area contributed by atoms with E-state index in [2.05, 4.69) is 33.0 Å². The maximum Gasteiger partial charge on any atom is 0.141 e. The van der Waals surface area contributed by atoms with Gasteiger partial charge in [-0.15, -0.1) is 0 Å². The van der Waals surface area contributed by atoms with Crippen LogP contribution < -0.4 is 0 Å². The highest BCUT2D eigenvalue weighted by atomic mass is 79.9. The molecule has 1 heterocycles. The second kappa shape index (κ2) is 3.20. The Morgan fingerprint density at radius 3 is 2.75 bits per heavy atom. The lowest BCUT2D eigenvalue weighted by Gasteiger charge is -2.07. The number of halogens is 1. The van der Waals surface area contributed by atoms with E-state index in [1.165, 1.54) is 0 Å². The molecule has 3 heteroatoms. The molecule has 1 aliphatic carbocycles. The van der Waals surface area contributed by atoms with Crippen molar-refractivity contribution in [2.75, 3.05) is 0 Å². The molecule has 0 radical (unpaired) electrons. The van der Waals surface area contributed by atoms with E-state index in [0.717, 1.165) is 33.9 Å². The van der Waals surface area contributed by atoms with Crippen molar-refractivity contribution in [1.29, 1.82) is 0 Å². The monoisotopic (exact) mass is 277 g/mol. The van der Waals surface area contributed by atoms with Gasteiger partial charge in [-0.2, -0.15) is 0 Å². The Morgan fingerprint density at radius 2 is 2.12 bits per heavy atom. The molecule has 1 aliphatic rings. The Labute approximate surface area is 102 Å². The Hall–Kier alpha value is -1.09. The topological polar surface area (TPSA) is 32.9 Å². The molecule has 82 valence electrons. The third-order valence-electron chi connectivity index (χ3n) is 3.52. The zero-order valence-electron chi connectivity index (χ0n) is 9.01. The summed E-state index contributed by atoms with van der Waals surface area (Å²) in [6, 6.07) is 8.23. The van der Waals surface area contributed by atoms with Crippen LogP contribution in [-0.4, -0.2) is 10.8 Å². The number of ketones is 1. The summed E-state index contributed by atoms with van der Waals surface area (Å²) in [5.41, 5.74) is 1.98. The lowest BCUT2D eigenvalue weighted by atomic mass is 9.98. The van der Waals surface area contributed by atoms with Gasteiger partial charge in [-0.3, -0.25) is 4.79 Å². The number of aromatic amines is 1. The molecule has 1 saturated carbocycles. The minimum absolute atomic E-state index is 0.203. The Balaban J connectivity index is 2.16. The van der Waals surface area contributed by atoms with E-state index >= 15 is 0 Å². The lowest BCUT2D eigenvalue weighted by molar-refractivity contribution is -0.119. The van der Waals surface area contributed by atoms with E-state index < -0.39 is 0 Å². The van der Waals surface area contributed by atoms with Crippen molar-refractivity contribution < 1.29 is 4.79 Å². The first-order valence-electron chi connectivity index (χ1n) is 5.42. The molecular formula is C13H12BrNO. The number of benzene rings is 1. The molecule has 1 aromatic heterocycles. The Morgan fingerprint density at radius 1 is 1.38 bits per heavy atom. The largest absolute Gasteiger partial charge is 0.358 e. The van der Waals surface area contributed by atoms with Gasteiger partial charge in [-0.1, -0.05) is 15.9 Å². The van der Waals surface area contributed by atoms with Crippen LogP contribution in [0.5, 0.6) is 0 Å². The summed E-state index contributed by atoms with van der Waals surface area (Å²) in [6.07, 6.45) is 1.96. The number of Topliss-reactive ketones (excluding diaryl/α,β-unsaturated/α-hetero) is 1. The fraction of sp³-hybridized carbons (Fsp3) is 0.308. The van der Waals surface area contributed by atoms with Crippen molar-refractivity contribution in [3.63, 3.8) is 0 Å². The number of H-pyrrole nitrogens is 1. The summed E-state index contributed by atoms with van der Waals surface area (Å²) < 4.78 is 1.07. The van der Waals surface area contributed by atoms with Crippen LogP contribution >= 0.6 is 15.9 Å². The number of rotatable bonds is 2. The van der Waals surface area contributed by atoms with Gasteiger partial charge in [0.2, 0.25) is 0 Å². The number of nitrogens with one attached hydrogen (secondary N) is 1. The first-order chi connectivity index (χ1) is 7.62. The quantitative estimate of drug-likeness (QED) is 0.895. The van der Waals surface area contributed by atoms with E-state index in [1.54, 1.807) is 6.92 Å². The van der Waals surface area contributed by atoms with Crippen LogP contribution in [0.2, 0.25) is 0 Å². The standard InChI is InChI=1S/C13H12BrNO/c1-8(16)13(4-5-13)12-7-9-6-10(14)2-3-11(9)15-12/h2-3,6-7,15H,4-5H2,1H3. The molecule has 16 heavy (non-hydrogen) atoms. The number of carbonyl (C=O) groups excluding carboxylic acids is 1. The summed E-state index contributed by atoms with van der Waals surface area (Å²) in [4.78, 5) is 15.0. The zero-order chi connectivity index (χ0) is 11.3. The van der Waals surface area contributed by atoms with Crippen LogP contribution in [0.3, 0.4) is 0 Å². The average molecular weight is 278 g/mol. The predicted molar refractivity (Wildman–Crippen MR) is 67.6 cm³/mol. The first kappa shape index (κ1) is 10.1. The SMILES string of the molecule is CC(=O)C1(c2cc3cc(Br)ccc3[nH]2)CC1. The van der Waals surface area contributed by atoms with Crippen LogP contribution in [0.15, 0.2) is 28.7 Å². The Bertz CT molecular complexity index is 581. The highest BCUT2D eigenvalue weighted by molar-refractivity contribution is 9.10. The number of hydrogen-bond donors (Lipinski definition) is 1. The molecule has 3 rings (SSSR count). The van der Waals surface area contributed by atoms with Crippen molar-refractivity contribution in [3.8, 4) is 0 Å². The predicted octanol–water partition coefficient (Wildman–Crippen LogP) is 3.55. The first-order valence-corrected chi connectivity index (χ1v) is 6.21. The molecule has 2 nitrogen and oxygen atoms in total. The van der Waals surface area contributed by atoms with Crippen LogP contribution in [0.1, 0.15) is 25.5 Å². The summed E-state index contributed by atoms with van der Waals surface area (Å²) in [6.45, 7) is 1.69. The van der Waals surface area contributed by atoms with Crippen molar-refractivity contribution >= 4 is 32.6 Å². The third-order valence-corrected chi connectivity index (χ3v) is 4.02. The molecule has 1 fully saturated rings. The normalized spacial score (nSPS) is 17.6. The molecule has 0 aliphatic heterocycles. The zero-order valence-corrected chi connectivity index (χ0v) is 10.6. The Kier molecular flexibility index (Phi) is 2.02. The second-order valence-electron chi connectivity index (χ2n) is 4.55. The van der Waals surface area contributed by atoms with Gasteiger partial charge in [0.25, 0.3) is 0 Å². The molecule has 0 spiro atoms. The highest BCUT2D eigenvalue weighted by Crippen LogP contribution is 2.49. The van der Waals surface area contributed by atoms with E-state index in [-0.39, 0.29) is 11.2 Å². The third kappa shape index (κ3) is 1.34. The number of aromatic nitrogens is 1.